The summed E-state index contributed by atoms with van der Waals surface area (Å²) in [4.78, 5) is 12.9. The van der Waals surface area contributed by atoms with Gasteiger partial charge in [-0.15, -0.1) is 0 Å². The van der Waals surface area contributed by atoms with E-state index in [0.717, 1.165) is 16.9 Å². The largest absolute Gasteiger partial charge is 0.491 e. The van der Waals surface area contributed by atoms with Crippen molar-refractivity contribution in [2.24, 2.45) is 0 Å². The number of amides is 1. The molecule has 1 aromatic heterocycles. The fourth-order valence-corrected chi connectivity index (χ4v) is 3.47. The van der Waals surface area contributed by atoms with Gasteiger partial charge in [0.05, 0.1) is 29.9 Å². The normalized spacial score (nSPS) is 12.1. The zero-order chi connectivity index (χ0) is 21.0. The Hall–Kier alpha value is -2.79. The van der Waals surface area contributed by atoms with E-state index in [9.17, 15) is 4.79 Å². The van der Waals surface area contributed by atoms with E-state index in [1.165, 1.54) is 0 Å². The second-order valence-corrected chi connectivity index (χ2v) is 7.69. The highest BCUT2D eigenvalue weighted by molar-refractivity contribution is 6.33. The molecule has 0 fully saturated rings. The van der Waals surface area contributed by atoms with Gasteiger partial charge < -0.3 is 10.1 Å². The lowest BCUT2D eigenvalue weighted by molar-refractivity contribution is 0.0939. The minimum Gasteiger partial charge on any atom is -0.491 e. The summed E-state index contributed by atoms with van der Waals surface area (Å²) < 4.78 is 7.40. The van der Waals surface area contributed by atoms with Crippen LogP contribution in [0.2, 0.25) is 5.15 Å². The highest BCUT2D eigenvalue weighted by Gasteiger charge is 2.22. The van der Waals surface area contributed by atoms with E-state index in [1.807, 2.05) is 75.4 Å². The molecule has 0 aliphatic heterocycles. The molecule has 0 saturated heterocycles. The molecule has 0 spiro atoms. The molecule has 1 amide bonds. The number of carbonyl (C=O) groups excluding carboxylic acids is 1. The smallest absolute Gasteiger partial charge is 0.256 e. The average Bonchev–Trinajstić information content (AvgIpc) is 2.95. The van der Waals surface area contributed by atoms with E-state index >= 15 is 0 Å². The third-order valence-corrected chi connectivity index (χ3v) is 4.93. The first kappa shape index (κ1) is 20.9. The maximum Gasteiger partial charge on any atom is 0.256 e. The Kier molecular flexibility index (Phi) is 6.60. The summed E-state index contributed by atoms with van der Waals surface area (Å²) >= 11 is 6.51. The van der Waals surface area contributed by atoms with E-state index in [4.69, 9.17) is 16.3 Å². The first-order valence-electron chi connectivity index (χ1n) is 9.69. The third-order valence-electron chi connectivity index (χ3n) is 4.55. The average molecular weight is 412 g/mol. The van der Waals surface area contributed by atoms with Crippen LogP contribution in [0, 0.1) is 6.92 Å². The quantitative estimate of drug-likeness (QED) is 0.583. The van der Waals surface area contributed by atoms with Crippen molar-refractivity contribution in [3.8, 4) is 5.75 Å². The third kappa shape index (κ3) is 5.18. The van der Waals surface area contributed by atoms with Crippen molar-refractivity contribution in [1.29, 1.82) is 0 Å². The van der Waals surface area contributed by atoms with Crippen molar-refractivity contribution < 1.29 is 9.53 Å². The number of carbonyl (C=O) groups is 1. The molecular formula is C23H26ClN3O2. The molecule has 6 heteroatoms. The molecule has 2 aromatic carbocycles. The number of halogens is 1. The van der Waals surface area contributed by atoms with Crippen molar-refractivity contribution in [3.05, 3.63) is 82.1 Å². The molecule has 0 aliphatic rings. The van der Waals surface area contributed by atoms with Crippen LogP contribution in [0.4, 0.5) is 0 Å². The zero-order valence-corrected chi connectivity index (χ0v) is 17.9. The maximum atomic E-state index is 12.9. The number of hydrogen-bond donors (Lipinski definition) is 1. The van der Waals surface area contributed by atoms with E-state index in [-0.39, 0.29) is 18.1 Å². The van der Waals surface area contributed by atoms with Gasteiger partial charge in [-0.25, -0.2) is 4.68 Å². The lowest BCUT2D eigenvalue weighted by Crippen LogP contribution is -2.27. The minimum atomic E-state index is -0.241. The summed E-state index contributed by atoms with van der Waals surface area (Å²) in [6, 6.07) is 17.4. The molecule has 0 unspecified atom stereocenters. The van der Waals surface area contributed by atoms with Crippen LogP contribution in [0.5, 0.6) is 5.75 Å². The predicted octanol–water partition coefficient (Wildman–Crippen LogP) is 5.17. The molecule has 0 bridgehead atoms. The Balaban J connectivity index is 1.75. The van der Waals surface area contributed by atoms with Crippen molar-refractivity contribution in [3.63, 3.8) is 0 Å². The molecule has 5 nitrogen and oxygen atoms in total. The predicted molar refractivity (Wildman–Crippen MR) is 116 cm³/mol. The highest BCUT2D eigenvalue weighted by atomic mass is 35.5. The zero-order valence-electron chi connectivity index (χ0n) is 17.1. The summed E-state index contributed by atoms with van der Waals surface area (Å²) in [5.74, 6) is 0.540. The van der Waals surface area contributed by atoms with Gasteiger partial charge in [0.1, 0.15) is 10.9 Å². The summed E-state index contributed by atoms with van der Waals surface area (Å²) in [6.07, 6.45) is 0.0899. The molecular weight excluding hydrogens is 386 g/mol. The van der Waals surface area contributed by atoms with Crippen LogP contribution in [-0.2, 0) is 6.54 Å². The number of aryl methyl sites for hydroxylation is 1. The lowest BCUT2D eigenvalue weighted by Gasteiger charge is -2.16. The van der Waals surface area contributed by atoms with Gasteiger partial charge in [0.2, 0.25) is 0 Å². The second-order valence-electron chi connectivity index (χ2n) is 7.33. The topological polar surface area (TPSA) is 56.2 Å². The summed E-state index contributed by atoms with van der Waals surface area (Å²) in [7, 11) is 0. The van der Waals surface area contributed by atoms with Gasteiger partial charge in [-0.05, 0) is 51.0 Å². The first-order valence-corrected chi connectivity index (χ1v) is 10.1. The number of rotatable bonds is 7. The van der Waals surface area contributed by atoms with Gasteiger partial charge in [0.15, 0.2) is 0 Å². The van der Waals surface area contributed by atoms with Crippen LogP contribution >= 0.6 is 11.6 Å². The van der Waals surface area contributed by atoms with Gasteiger partial charge in [0, 0.05) is 0 Å². The standard InChI is InChI=1S/C23H26ClN3O2/c1-15(2)29-20-12-8-11-19(13-20)16(3)25-23(28)21-17(4)26-27(22(21)24)14-18-9-6-5-7-10-18/h5-13,15-16H,14H2,1-4H3,(H,25,28)/t16-/m1/s1. The van der Waals surface area contributed by atoms with E-state index in [0.29, 0.717) is 23.0 Å². The highest BCUT2D eigenvalue weighted by Crippen LogP contribution is 2.24. The Morgan fingerprint density at radius 3 is 2.55 bits per heavy atom. The summed E-state index contributed by atoms with van der Waals surface area (Å²) in [6.45, 7) is 8.21. The molecule has 29 heavy (non-hydrogen) atoms. The van der Waals surface area contributed by atoms with E-state index < -0.39 is 0 Å². The van der Waals surface area contributed by atoms with Crippen molar-refractivity contribution in [1.82, 2.24) is 15.1 Å². The van der Waals surface area contributed by atoms with Crippen LogP contribution in [-0.4, -0.2) is 21.8 Å². The van der Waals surface area contributed by atoms with Crippen LogP contribution in [0.1, 0.15) is 54.0 Å². The van der Waals surface area contributed by atoms with Gasteiger partial charge in [-0.2, -0.15) is 5.10 Å². The summed E-state index contributed by atoms with van der Waals surface area (Å²) in [5.41, 5.74) is 3.04. The molecule has 0 aliphatic carbocycles. The monoisotopic (exact) mass is 411 g/mol. The van der Waals surface area contributed by atoms with Crippen LogP contribution in [0.3, 0.4) is 0 Å². The molecule has 0 radical (unpaired) electrons. The van der Waals surface area contributed by atoms with Crippen molar-refractivity contribution in [2.45, 2.75) is 46.4 Å². The van der Waals surface area contributed by atoms with Gasteiger partial charge in [-0.1, -0.05) is 54.1 Å². The Bertz CT molecular complexity index is 983. The Labute approximate surface area is 176 Å². The number of nitrogens with one attached hydrogen (secondary N) is 1. The molecule has 1 heterocycles. The van der Waals surface area contributed by atoms with Gasteiger partial charge >= 0.3 is 0 Å². The van der Waals surface area contributed by atoms with Gasteiger partial charge in [0.25, 0.3) is 5.91 Å². The molecule has 3 aromatic rings. The molecule has 3 rings (SSSR count). The minimum absolute atomic E-state index is 0.0899. The molecule has 152 valence electrons. The van der Waals surface area contributed by atoms with Crippen LogP contribution in [0.15, 0.2) is 54.6 Å². The number of benzene rings is 2. The first-order chi connectivity index (χ1) is 13.8. The van der Waals surface area contributed by atoms with E-state index in [2.05, 4.69) is 10.4 Å². The number of hydrogen-bond acceptors (Lipinski definition) is 3. The second kappa shape index (κ2) is 9.14. The Morgan fingerprint density at radius 1 is 1.14 bits per heavy atom. The van der Waals surface area contributed by atoms with Crippen LogP contribution in [0.25, 0.3) is 0 Å². The fraction of sp³-hybridized carbons (Fsp3) is 0.304. The SMILES string of the molecule is Cc1nn(Cc2ccccc2)c(Cl)c1C(=O)N[C@H](C)c1cccc(OC(C)C)c1. The summed E-state index contributed by atoms with van der Waals surface area (Å²) in [5, 5.41) is 7.82. The van der Waals surface area contributed by atoms with Crippen molar-refractivity contribution in [2.75, 3.05) is 0 Å². The molecule has 1 atom stereocenters. The fourth-order valence-electron chi connectivity index (χ4n) is 3.15. The lowest BCUT2D eigenvalue weighted by atomic mass is 10.1. The Morgan fingerprint density at radius 2 is 1.86 bits per heavy atom. The molecule has 1 N–H and O–H groups in total. The number of ether oxygens (including phenoxy) is 1. The molecule has 0 saturated carbocycles. The number of aromatic nitrogens is 2. The van der Waals surface area contributed by atoms with Crippen molar-refractivity contribution >= 4 is 17.5 Å². The van der Waals surface area contributed by atoms with Crippen LogP contribution < -0.4 is 10.1 Å². The number of nitrogens with zero attached hydrogens (tertiary/aromatic N) is 2. The van der Waals surface area contributed by atoms with Gasteiger partial charge in [-0.3, -0.25) is 4.79 Å². The van der Waals surface area contributed by atoms with E-state index in [1.54, 1.807) is 11.6 Å². The maximum absolute atomic E-state index is 12.9.